The van der Waals surface area contributed by atoms with Gasteiger partial charge in [-0.3, -0.25) is 4.31 Å². The van der Waals surface area contributed by atoms with Crippen molar-refractivity contribution < 1.29 is 13.5 Å². The highest BCUT2D eigenvalue weighted by molar-refractivity contribution is 7.93. The van der Waals surface area contributed by atoms with Crippen LogP contribution < -0.4 is 4.31 Å². The smallest absolute Gasteiger partial charge is 0.264 e. The molecule has 5 heteroatoms. The number of anilines is 1. The highest BCUT2D eigenvalue weighted by atomic mass is 32.2. The number of rotatable bonds is 2. The van der Waals surface area contributed by atoms with Gasteiger partial charge in [0.2, 0.25) is 0 Å². The highest BCUT2D eigenvalue weighted by Gasteiger charge is 2.35. The summed E-state index contributed by atoms with van der Waals surface area (Å²) in [6.07, 6.45) is -0.217. The number of aryl methyl sites for hydroxylation is 4. The van der Waals surface area contributed by atoms with Crippen LogP contribution in [0.25, 0.3) is 0 Å². The summed E-state index contributed by atoms with van der Waals surface area (Å²) >= 11 is 0. The molecular formula is C19H23NO3S. The Morgan fingerprint density at radius 2 is 1.67 bits per heavy atom. The minimum Gasteiger partial charge on any atom is -0.388 e. The molecule has 1 aliphatic rings. The molecule has 0 radical (unpaired) electrons. The van der Waals surface area contributed by atoms with Crippen LogP contribution in [0.4, 0.5) is 5.69 Å². The second kappa shape index (κ2) is 5.90. The molecule has 2 aromatic rings. The minimum absolute atomic E-state index is 0.286. The van der Waals surface area contributed by atoms with Gasteiger partial charge in [-0.05, 0) is 50.8 Å². The molecule has 0 amide bonds. The summed E-state index contributed by atoms with van der Waals surface area (Å²) in [6.45, 7) is 7.81. The maximum absolute atomic E-state index is 13.4. The van der Waals surface area contributed by atoms with Gasteiger partial charge in [0.1, 0.15) is 0 Å². The van der Waals surface area contributed by atoms with Gasteiger partial charge in [0.05, 0.1) is 16.7 Å². The number of para-hydroxylation sites is 1. The number of hydrogen-bond donors (Lipinski definition) is 1. The van der Waals surface area contributed by atoms with Gasteiger partial charge in [0, 0.05) is 12.1 Å². The summed E-state index contributed by atoms with van der Waals surface area (Å²) in [5.74, 6) is 0. The molecule has 0 fully saturated rings. The van der Waals surface area contributed by atoms with Gasteiger partial charge in [-0.25, -0.2) is 8.42 Å². The fraction of sp³-hybridized carbons (Fsp3) is 0.368. The van der Waals surface area contributed by atoms with Crippen molar-refractivity contribution in [2.45, 2.75) is 45.1 Å². The van der Waals surface area contributed by atoms with Crippen LogP contribution in [0.15, 0.2) is 35.2 Å². The Hall–Kier alpha value is -1.85. The lowest BCUT2D eigenvalue weighted by atomic mass is 9.98. The lowest BCUT2D eigenvalue weighted by molar-refractivity contribution is 0.166. The predicted molar refractivity (Wildman–Crippen MR) is 95.9 cm³/mol. The Kier molecular flexibility index (Phi) is 4.18. The molecule has 0 bridgehead atoms. The molecule has 1 unspecified atom stereocenters. The first-order valence-electron chi connectivity index (χ1n) is 8.11. The van der Waals surface area contributed by atoms with E-state index in [9.17, 15) is 13.5 Å². The molecule has 1 heterocycles. The Morgan fingerprint density at radius 1 is 1.04 bits per heavy atom. The van der Waals surface area contributed by atoms with Gasteiger partial charge in [0.15, 0.2) is 0 Å². The lowest BCUT2D eigenvalue weighted by Gasteiger charge is -2.35. The Balaban J connectivity index is 2.22. The average Bonchev–Trinajstić information content (AvgIpc) is 2.46. The molecule has 0 saturated heterocycles. The zero-order chi connectivity index (χ0) is 17.6. The third-order valence-corrected chi connectivity index (χ3v) is 6.74. The zero-order valence-corrected chi connectivity index (χ0v) is 15.3. The quantitative estimate of drug-likeness (QED) is 0.905. The maximum Gasteiger partial charge on any atom is 0.264 e. The van der Waals surface area contributed by atoms with Crippen LogP contribution in [0, 0.1) is 27.7 Å². The van der Waals surface area contributed by atoms with E-state index in [2.05, 4.69) is 0 Å². The van der Waals surface area contributed by atoms with Crippen molar-refractivity contribution in [1.82, 2.24) is 0 Å². The molecule has 3 rings (SSSR count). The van der Waals surface area contributed by atoms with Crippen molar-refractivity contribution in [2.24, 2.45) is 0 Å². The summed E-state index contributed by atoms with van der Waals surface area (Å²) in [6, 6.07) is 9.35. The molecule has 4 nitrogen and oxygen atoms in total. The summed E-state index contributed by atoms with van der Waals surface area (Å²) in [5, 5.41) is 10.3. The zero-order valence-electron chi connectivity index (χ0n) is 14.5. The molecule has 24 heavy (non-hydrogen) atoms. The number of aliphatic hydroxyl groups is 1. The van der Waals surface area contributed by atoms with E-state index in [0.29, 0.717) is 22.6 Å². The number of aliphatic hydroxyl groups excluding tert-OH is 1. The average molecular weight is 345 g/mol. The summed E-state index contributed by atoms with van der Waals surface area (Å²) in [4.78, 5) is 0.374. The van der Waals surface area contributed by atoms with E-state index in [-0.39, 0.29) is 6.54 Å². The minimum atomic E-state index is -3.68. The first kappa shape index (κ1) is 17.0. The third-order valence-electron chi connectivity index (χ3n) is 4.64. The van der Waals surface area contributed by atoms with Gasteiger partial charge < -0.3 is 5.11 Å². The Labute approximate surface area is 143 Å². The Morgan fingerprint density at radius 3 is 2.29 bits per heavy atom. The van der Waals surface area contributed by atoms with Crippen LogP contribution in [0.3, 0.4) is 0 Å². The Bertz CT molecular complexity index is 880. The third kappa shape index (κ3) is 2.62. The summed E-state index contributed by atoms with van der Waals surface area (Å²) in [5.41, 5.74) is 4.73. The number of nitrogens with zero attached hydrogens (tertiary/aromatic N) is 1. The fourth-order valence-corrected chi connectivity index (χ4v) is 5.71. The molecule has 0 aliphatic carbocycles. The fourth-order valence-electron chi connectivity index (χ4n) is 3.72. The van der Waals surface area contributed by atoms with Crippen LogP contribution in [0.2, 0.25) is 0 Å². The van der Waals surface area contributed by atoms with Crippen molar-refractivity contribution in [3.05, 3.63) is 58.1 Å². The van der Waals surface area contributed by atoms with E-state index >= 15 is 0 Å². The van der Waals surface area contributed by atoms with E-state index in [4.69, 9.17) is 0 Å². The second-order valence-electron chi connectivity index (χ2n) is 6.62. The van der Waals surface area contributed by atoms with Gasteiger partial charge in [-0.1, -0.05) is 35.9 Å². The summed E-state index contributed by atoms with van der Waals surface area (Å²) < 4.78 is 28.3. The molecule has 1 aliphatic heterocycles. The van der Waals surface area contributed by atoms with Crippen molar-refractivity contribution in [3.8, 4) is 0 Å². The van der Waals surface area contributed by atoms with Gasteiger partial charge in [-0.15, -0.1) is 0 Å². The van der Waals surface area contributed by atoms with E-state index < -0.39 is 16.1 Å². The van der Waals surface area contributed by atoms with Crippen LogP contribution in [0.5, 0.6) is 0 Å². The van der Waals surface area contributed by atoms with E-state index in [0.717, 1.165) is 22.3 Å². The van der Waals surface area contributed by atoms with Crippen molar-refractivity contribution in [2.75, 3.05) is 10.8 Å². The molecule has 0 spiro atoms. The van der Waals surface area contributed by atoms with Crippen LogP contribution >= 0.6 is 0 Å². The number of sulfonamides is 1. The topological polar surface area (TPSA) is 57.6 Å². The van der Waals surface area contributed by atoms with Crippen molar-refractivity contribution >= 4 is 15.7 Å². The van der Waals surface area contributed by atoms with Crippen molar-refractivity contribution in [1.29, 1.82) is 0 Å². The molecule has 0 saturated carbocycles. The molecule has 2 aromatic carbocycles. The predicted octanol–water partition coefficient (Wildman–Crippen LogP) is 3.55. The first-order valence-corrected chi connectivity index (χ1v) is 9.55. The second-order valence-corrected chi connectivity index (χ2v) is 8.42. The van der Waals surface area contributed by atoms with Gasteiger partial charge >= 0.3 is 0 Å². The largest absolute Gasteiger partial charge is 0.388 e. The summed E-state index contributed by atoms with van der Waals surface area (Å²) in [7, 11) is -3.68. The van der Waals surface area contributed by atoms with E-state index in [1.54, 1.807) is 0 Å². The molecule has 1 atom stereocenters. The molecule has 128 valence electrons. The maximum atomic E-state index is 13.4. The van der Waals surface area contributed by atoms with Gasteiger partial charge in [0.25, 0.3) is 10.0 Å². The monoisotopic (exact) mass is 345 g/mol. The van der Waals surface area contributed by atoms with Crippen LogP contribution in [-0.4, -0.2) is 20.1 Å². The van der Waals surface area contributed by atoms with Crippen molar-refractivity contribution in [3.63, 3.8) is 0 Å². The highest BCUT2D eigenvalue weighted by Crippen LogP contribution is 2.40. The van der Waals surface area contributed by atoms with Crippen LogP contribution in [0.1, 0.15) is 40.3 Å². The lowest BCUT2D eigenvalue weighted by Crippen LogP contribution is -2.38. The standard InChI is InChI=1S/C19H23NO3S/c1-12-10-14(3)19(15(4)11-12)24(22,23)20-9-8-17(21)16-7-5-6-13(2)18(16)20/h5-7,10-11,17,21H,8-9H2,1-4H3. The molecule has 0 aromatic heterocycles. The van der Waals surface area contributed by atoms with E-state index in [1.807, 2.05) is 58.0 Å². The van der Waals surface area contributed by atoms with Crippen LogP contribution in [-0.2, 0) is 10.0 Å². The number of fused-ring (bicyclic) bond motifs is 1. The number of hydrogen-bond acceptors (Lipinski definition) is 3. The normalized spacial score (nSPS) is 17.7. The SMILES string of the molecule is Cc1cc(C)c(S(=O)(=O)N2CCC(O)c3cccc(C)c32)c(C)c1. The van der Waals surface area contributed by atoms with E-state index in [1.165, 1.54) is 4.31 Å². The van der Waals surface area contributed by atoms with Gasteiger partial charge in [-0.2, -0.15) is 0 Å². The molecule has 1 N–H and O–H groups in total. The first-order chi connectivity index (χ1) is 11.2. The number of benzene rings is 2. The molecular weight excluding hydrogens is 322 g/mol.